The molecule has 0 amide bonds. The molecule has 0 aliphatic carbocycles. The van der Waals surface area contributed by atoms with Crippen LogP contribution in [0, 0.1) is 0 Å². The fraction of sp³-hybridized carbons (Fsp3) is 0.250. The maximum Gasteiger partial charge on any atom is 0.297 e. The SMILES string of the molecule is O=S1(=O)C[C@H](OS(=O)(=O)c2ccccc2)[C@@H](OS(=O)(=O)c2ccccc2)C1. The van der Waals surface area contributed by atoms with Gasteiger partial charge in [-0.1, -0.05) is 36.4 Å². The van der Waals surface area contributed by atoms with Gasteiger partial charge in [-0.25, -0.2) is 8.42 Å². The Labute approximate surface area is 157 Å². The zero-order valence-corrected chi connectivity index (χ0v) is 16.3. The Balaban J connectivity index is 1.86. The van der Waals surface area contributed by atoms with Crippen LogP contribution in [0.5, 0.6) is 0 Å². The Morgan fingerprint density at radius 2 is 1.00 bits per heavy atom. The van der Waals surface area contributed by atoms with Gasteiger partial charge in [0.25, 0.3) is 20.2 Å². The van der Waals surface area contributed by atoms with Gasteiger partial charge >= 0.3 is 0 Å². The van der Waals surface area contributed by atoms with Gasteiger partial charge in [-0.2, -0.15) is 16.8 Å². The molecule has 2 atom stereocenters. The normalized spacial score (nSPS) is 22.5. The minimum Gasteiger partial charge on any atom is -0.259 e. The number of rotatable bonds is 6. The van der Waals surface area contributed by atoms with Gasteiger partial charge in [-0.15, -0.1) is 0 Å². The predicted octanol–water partition coefficient (Wildman–Crippen LogP) is 0.963. The molecule has 0 radical (unpaired) electrons. The largest absolute Gasteiger partial charge is 0.297 e. The van der Waals surface area contributed by atoms with E-state index in [2.05, 4.69) is 0 Å². The van der Waals surface area contributed by atoms with E-state index in [1.54, 1.807) is 12.1 Å². The second-order valence-corrected chi connectivity index (χ2v) is 11.2. The third-order valence-electron chi connectivity index (χ3n) is 3.82. The van der Waals surface area contributed by atoms with Gasteiger partial charge in [-0.3, -0.25) is 8.37 Å². The molecular formula is C16H16O8S3. The Morgan fingerprint density at radius 3 is 1.33 bits per heavy atom. The summed E-state index contributed by atoms with van der Waals surface area (Å²) in [4.78, 5) is -0.335. The van der Waals surface area contributed by atoms with Crippen molar-refractivity contribution in [2.24, 2.45) is 0 Å². The van der Waals surface area contributed by atoms with Crippen LogP contribution in [0.4, 0.5) is 0 Å². The highest BCUT2D eigenvalue weighted by molar-refractivity contribution is 7.92. The molecule has 27 heavy (non-hydrogen) atoms. The summed E-state index contributed by atoms with van der Waals surface area (Å²) in [5.74, 6) is -1.32. The molecule has 0 saturated carbocycles. The molecule has 8 nitrogen and oxygen atoms in total. The number of hydrogen-bond acceptors (Lipinski definition) is 8. The van der Waals surface area contributed by atoms with E-state index in [-0.39, 0.29) is 9.79 Å². The average molecular weight is 432 g/mol. The fourth-order valence-corrected chi connectivity index (χ4v) is 6.69. The minimum atomic E-state index is -4.29. The Morgan fingerprint density at radius 1 is 0.667 bits per heavy atom. The van der Waals surface area contributed by atoms with Crippen LogP contribution in [0.1, 0.15) is 0 Å². The van der Waals surface area contributed by atoms with Gasteiger partial charge in [0.1, 0.15) is 12.2 Å². The van der Waals surface area contributed by atoms with Gasteiger partial charge in [0.2, 0.25) is 0 Å². The van der Waals surface area contributed by atoms with E-state index in [0.717, 1.165) is 0 Å². The summed E-state index contributed by atoms with van der Waals surface area (Å²) in [6.45, 7) is 0. The highest BCUT2D eigenvalue weighted by Gasteiger charge is 2.44. The standard InChI is InChI=1S/C16H16O8S3/c17-25(18)11-15(23-26(19,20)13-7-3-1-4-8-13)16(12-25)24-27(21,22)14-9-5-2-6-10-14/h1-10,15-16H,11-12H2/t15-,16-/m0/s1. The summed E-state index contributed by atoms with van der Waals surface area (Å²) in [5.41, 5.74) is 0. The van der Waals surface area contributed by atoms with E-state index in [1.807, 2.05) is 0 Å². The van der Waals surface area contributed by atoms with Crippen molar-refractivity contribution in [3.05, 3.63) is 60.7 Å². The second kappa shape index (κ2) is 7.32. The molecule has 2 aromatic rings. The van der Waals surface area contributed by atoms with E-state index in [1.165, 1.54) is 48.5 Å². The zero-order valence-electron chi connectivity index (χ0n) is 13.8. The van der Waals surface area contributed by atoms with Crippen LogP contribution in [0.2, 0.25) is 0 Å². The Hall–Kier alpha value is -1.79. The lowest BCUT2D eigenvalue weighted by Crippen LogP contribution is -2.34. The van der Waals surface area contributed by atoms with E-state index in [0.29, 0.717) is 0 Å². The molecule has 1 aliphatic heterocycles. The van der Waals surface area contributed by atoms with Crippen molar-refractivity contribution < 1.29 is 33.6 Å². The smallest absolute Gasteiger partial charge is 0.259 e. The van der Waals surface area contributed by atoms with Crippen LogP contribution in [0.25, 0.3) is 0 Å². The fourth-order valence-electron chi connectivity index (χ4n) is 2.57. The lowest BCUT2D eigenvalue weighted by molar-refractivity contribution is 0.101. The summed E-state index contributed by atoms with van der Waals surface area (Å²) < 4.78 is 83.4. The van der Waals surface area contributed by atoms with Gasteiger partial charge in [-0.05, 0) is 24.3 Å². The molecule has 0 N–H and O–H groups in total. The maximum atomic E-state index is 12.4. The summed E-state index contributed by atoms with van der Waals surface area (Å²) in [7, 11) is -12.3. The summed E-state index contributed by atoms with van der Waals surface area (Å²) in [6, 6.07) is 14.3. The van der Waals surface area contributed by atoms with Gasteiger partial charge in [0.05, 0.1) is 21.3 Å². The summed E-state index contributed by atoms with van der Waals surface area (Å²) in [5, 5.41) is 0. The molecule has 1 aliphatic rings. The molecule has 11 heteroatoms. The molecule has 0 spiro atoms. The van der Waals surface area contributed by atoms with Crippen molar-refractivity contribution in [2.75, 3.05) is 11.5 Å². The highest BCUT2D eigenvalue weighted by atomic mass is 32.2. The van der Waals surface area contributed by atoms with E-state index >= 15 is 0 Å². The monoisotopic (exact) mass is 432 g/mol. The third kappa shape index (κ3) is 4.74. The van der Waals surface area contributed by atoms with Crippen LogP contribution >= 0.6 is 0 Å². The van der Waals surface area contributed by atoms with Crippen LogP contribution < -0.4 is 0 Å². The first-order valence-electron chi connectivity index (χ1n) is 7.76. The topological polar surface area (TPSA) is 121 Å². The van der Waals surface area contributed by atoms with Gasteiger partial charge in [0, 0.05) is 0 Å². The maximum absolute atomic E-state index is 12.4. The first-order chi connectivity index (χ1) is 12.6. The zero-order chi connectivity index (χ0) is 19.7. The van der Waals surface area contributed by atoms with Crippen LogP contribution in [0.15, 0.2) is 70.5 Å². The van der Waals surface area contributed by atoms with Crippen LogP contribution in [0.3, 0.4) is 0 Å². The van der Waals surface area contributed by atoms with Crippen molar-refractivity contribution in [1.82, 2.24) is 0 Å². The number of sulfone groups is 1. The molecule has 3 rings (SSSR count). The molecule has 0 aromatic heterocycles. The molecule has 1 heterocycles. The summed E-state index contributed by atoms with van der Waals surface area (Å²) >= 11 is 0. The minimum absolute atomic E-state index is 0.168. The number of hydrogen-bond donors (Lipinski definition) is 0. The summed E-state index contributed by atoms with van der Waals surface area (Å²) in [6.07, 6.45) is -2.95. The molecule has 1 saturated heterocycles. The first kappa shape index (κ1) is 20.0. The Bertz CT molecular complexity index is 1020. The Kier molecular flexibility index (Phi) is 5.41. The van der Waals surface area contributed by atoms with Gasteiger partial charge in [0.15, 0.2) is 9.84 Å². The van der Waals surface area contributed by atoms with E-state index in [4.69, 9.17) is 8.37 Å². The first-order valence-corrected chi connectivity index (χ1v) is 12.4. The van der Waals surface area contributed by atoms with Crippen molar-refractivity contribution in [3.63, 3.8) is 0 Å². The lowest BCUT2D eigenvalue weighted by atomic mass is 10.3. The molecule has 0 bridgehead atoms. The molecule has 146 valence electrons. The van der Waals surface area contributed by atoms with Crippen LogP contribution in [-0.2, 0) is 38.4 Å². The quantitative estimate of drug-likeness (QED) is 0.619. The van der Waals surface area contributed by atoms with Crippen LogP contribution in [-0.4, -0.2) is 49.0 Å². The average Bonchev–Trinajstić information content (AvgIpc) is 2.88. The van der Waals surface area contributed by atoms with Crippen molar-refractivity contribution >= 4 is 30.1 Å². The van der Waals surface area contributed by atoms with E-state index < -0.39 is 53.8 Å². The molecule has 0 unspecified atom stereocenters. The van der Waals surface area contributed by atoms with E-state index in [9.17, 15) is 25.3 Å². The second-order valence-electron chi connectivity index (χ2n) is 5.88. The highest BCUT2D eigenvalue weighted by Crippen LogP contribution is 2.26. The van der Waals surface area contributed by atoms with Crippen molar-refractivity contribution in [3.8, 4) is 0 Å². The van der Waals surface area contributed by atoms with Gasteiger partial charge < -0.3 is 0 Å². The van der Waals surface area contributed by atoms with Crippen molar-refractivity contribution in [2.45, 2.75) is 22.0 Å². The predicted molar refractivity (Wildman–Crippen MR) is 95.7 cm³/mol. The number of benzene rings is 2. The third-order valence-corrected chi connectivity index (χ3v) is 8.19. The van der Waals surface area contributed by atoms with Crippen molar-refractivity contribution in [1.29, 1.82) is 0 Å². The molecule has 2 aromatic carbocycles. The molecular weight excluding hydrogens is 416 g/mol. The lowest BCUT2D eigenvalue weighted by Gasteiger charge is -2.18. The molecule has 1 fully saturated rings.